The summed E-state index contributed by atoms with van der Waals surface area (Å²) in [6, 6.07) is 13.7. The number of nitrogens with zero attached hydrogens (tertiary/aromatic N) is 2. The number of hydrogen-bond donors (Lipinski definition) is 1. The van der Waals surface area contributed by atoms with Crippen molar-refractivity contribution < 1.29 is 19.2 Å². The topological polar surface area (TPSA) is 102 Å². The number of ether oxygens (including phenoxy) is 1. The van der Waals surface area contributed by atoms with E-state index in [4.69, 9.17) is 4.74 Å². The average molecular weight is 381 g/mol. The third kappa shape index (κ3) is 3.71. The Morgan fingerprint density at radius 3 is 2.50 bits per heavy atom. The van der Waals surface area contributed by atoms with Gasteiger partial charge in [-0.2, -0.15) is 0 Å². The van der Waals surface area contributed by atoms with Crippen LogP contribution in [0, 0.1) is 10.1 Å². The summed E-state index contributed by atoms with van der Waals surface area (Å²) in [6.45, 7) is 1.66. The standard InChI is InChI=1S/C20H19N3O5/c1-13-17(19(24)28-12-14-8-4-3-5-9-14)18(21-20(25)22(13)2)15-10-6-7-11-16(15)23(26)27/h3-11,18H,12H2,1-2H3,(H,21,25)/t18-/m1/s1. The molecule has 2 amide bonds. The Balaban J connectivity index is 1.98. The normalized spacial score (nSPS) is 16.6. The van der Waals surface area contributed by atoms with Crippen molar-refractivity contribution in [2.45, 2.75) is 19.6 Å². The molecule has 0 aromatic heterocycles. The summed E-state index contributed by atoms with van der Waals surface area (Å²) in [7, 11) is 1.52. The van der Waals surface area contributed by atoms with Crippen LogP contribution < -0.4 is 5.32 Å². The Labute approximate surface area is 161 Å². The second-order valence-corrected chi connectivity index (χ2v) is 6.32. The fourth-order valence-electron chi connectivity index (χ4n) is 3.03. The fraction of sp³-hybridized carbons (Fsp3) is 0.200. The second-order valence-electron chi connectivity index (χ2n) is 6.32. The highest BCUT2D eigenvalue weighted by Gasteiger charge is 2.37. The van der Waals surface area contributed by atoms with Gasteiger partial charge in [-0.25, -0.2) is 9.59 Å². The van der Waals surface area contributed by atoms with Crippen molar-refractivity contribution in [1.29, 1.82) is 0 Å². The summed E-state index contributed by atoms with van der Waals surface area (Å²) in [5.74, 6) is -0.642. The number of hydrogen-bond acceptors (Lipinski definition) is 5. The minimum absolute atomic E-state index is 0.0533. The van der Waals surface area contributed by atoms with E-state index >= 15 is 0 Å². The predicted molar refractivity (Wildman–Crippen MR) is 101 cm³/mol. The van der Waals surface area contributed by atoms with Gasteiger partial charge in [0.05, 0.1) is 22.1 Å². The predicted octanol–water partition coefficient (Wildman–Crippen LogP) is 3.31. The molecule has 8 heteroatoms. The number of nitrogens with one attached hydrogen (secondary N) is 1. The van der Waals surface area contributed by atoms with Gasteiger partial charge in [-0.15, -0.1) is 0 Å². The van der Waals surface area contributed by atoms with E-state index in [0.717, 1.165) is 5.56 Å². The lowest BCUT2D eigenvalue weighted by Crippen LogP contribution is -2.46. The zero-order valence-corrected chi connectivity index (χ0v) is 15.4. The van der Waals surface area contributed by atoms with Gasteiger partial charge < -0.3 is 15.0 Å². The number of allylic oxidation sites excluding steroid dienone is 1. The van der Waals surface area contributed by atoms with E-state index in [1.807, 2.05) is 30.3 Å². The molecule has 144 valence electrons. The molecule has 3 rings (SSSR count). The van der Waals surface area contributed by atoms with Crippen LogP contribution in [0.25, 0.3) is 0 Å². The maximum Gasteiger partial charge on any atom is 0.338 e. The molecule has 0 unspecified atom stereocenters. The molecule has 28 heavy (non-hydrogen) atoms. The van der Waals surface area contributed by atoms with E-state index < -0.39 is 23.0 Å². The van der Waals surface area contributed by atoms with Crippen molar-refractivity contribution in [2.24, 2.45) is 0 Å². The molecule has 0 bridgehead atoms. The molecule has 1 heterocycles. The van der Waals surface area contributed by atoms with Gasteiger partial charge in [0.15, 0.2) is 0 Å². The van der Waals surface area contributed by atoms with Gasteiger partial charge in [-0.05, 0) is 18.6 Å². The van der Waals surface area contributed by atoms with Crippen LogP contribution in [0.2, 0.25) is 0 Å². The van der Waals surface area contributed by atoms with E-state index in [9.17, 15) is 19.7 Å². The summed E-state index contributed by atoms with van der Waals surface area (Å²) in [6.07, 6.45) is 0. The molecular formula is C20H19N3O5. The maximum atomic E-state index is 12.9. The number of urea groups is 1. The highest BCUT2D eigenvalue weighted by molar-refractivity contribution is 5.95. The highest BCUT2D eigenvalue weighted by Crippen LogP contribution is 2.35. The molecule has 1 aliphatic heterocycles. The van der Waals surface area contributed by atoms with Gasteiger partial charge >= 0.3 is 12.0 Å². The first kappa shape index (κ1) is 19.1. The molecule has 0 fully saturated rings. The lowest BCUT2D eigenvalue weighted by atomic mass is 9.94. The number of benzene rings is 2. The summed E-state index contributed by atoms with van der Waals surface area (Å²) >= 11 is 0. The SMILES string of the molecule is CC1=C(C(=O)OCc2ccccc2)[C@@H](c2ccccc2[N+](=O)[O-])NC(=O)N1C. The molecular weight excluding hydrogens is 362 g/mol. The summed E-state index contributed by atoms with van der Waals surface area (Å²) in [5, 5.41) is 14.1. The molecule has 0 aliphatic carbocycles. The quantitative estimate of drug-likeness (QED) is 0.486. The smallest absolute Gasteiger partial charge is 0.338 e. The average Bonchev–Trinajstić information content (AvgIpc) is 2.70. The minimum atomic E-state index is -0.978. The molecule has 1 atom stereocenters. The number of rotatable bonds is 5. The Morgan fingerprint density at radius 1 is 1.18 bits per heavy atom. The third-order valence-corrected chi connectivity index (χ3v) is 4.63. The van der Waals surface area contributed by atoms with E-state index in [-0.39, 0.29) is 23.4 Å². The van der Waals surface area contributed by atoms with Crippen LogP contribution in [0.4, 0.5) is 10.5 Å². The van der Waals surface area contributed by atoms with Gasteiger partial charge in [0.25, 0.3) is 5.69 Å². The third-order valence-electron chi connectivity index (χ3n) is 4.63. The number of amides is 2. The zero-order chi connectivity index (χ0) is 20.3. The zero-order valence-electron chi connectivity index (χ0n) is 15.4. The van der Waals surface area contributed by atoms with Crippen molar-refractivity contribution in [1.82, 2.24) is 10.2 Å². The Kier molecular flexibility index (Phi) is 5.39. The first-order chi connectivity index (χ1) is 13.4. The highest BCUT2D eigenvalue weighted by atomic mass is 16.6. The largest absolute Gasteiger partial charge is 0.457 e. The van der Waals surface area contributed by atoms with Crippen molar-refractivity contribution in [3.63, 3.8) is 0 Å². The first-order valence-corrected chi connectivity index (χ1v) is 8.59. The molecule has 1 N–H and O–H groups in total. The number of carbonyl (C=O) groups excluding carboxylic acids is 2. The van der Waals surface area contributed by atoms with E-state index in [1.54, 1.807) is 13.0 Å². The second kappa shape index (κ2) is 7.91. The summed E-state index contributed by atoms with van der Waals surface area (Å²) in [4.78, 5) is 37.3. The van der Waals surface area contributed by atoms with Crippen LogP contribution >= 0.6 is 0 Å². The molecule has 2 aromatic rings. The van der Waals surface area contributed by atoms with E-state index in [1.165, 1.54) is 30.1 Å². The Bertz CT molecular complexity index is 955. The van der Waals surface area contributed by atoms with Gasteiger partial charge in [0, 0.05) is 18.8 Å². The fourth-order valence-corrected chi connectivity index (χ4v) is 3.03. The van der Waals surface area contributed by atoms with Gasteiger partial charge in [-0.1, -0.05) is 42.5 Å². The monoisotopic (exact) mass is 381 g/mol. The number of nitro groups is 1. The van der Waals surface area contributed by atoms with Gasteiger partial charge in [0.1, 0.15) is 6.61 Å². The van der Waals surface area contributed by atoms with Gasteiger partial charge in [-0.3, -0.25) is 10.1 Å². The Hall–Kier alpha value is -3.68. The van der Waals surface area contributed by atoms with Crippen molar-refractivity contribution >= 4 is 17.7 Å². The molecule has 1 aliphatic rings. The number of nitro benzene ring substituents is 1. The van der Waals surface area contributed by atoms with Crippen LogP contribution in [0.15, 0.2) is 65.9 Å². The molecule has 0 radical (unpaired) electrons. The minimum Gasteiger partial charge on any atom is -0.457 e. The van der Waals surface area contributed by atoms with Crippen LogP contribution in [-0.4, -0.2) is 28.9 Å². The van der Waals surface area contributed by atoms with Crippen LogP contribution in [0.3, 0.4) is 0 Å². The van der Waals surface area contributed by atoms with Crippen molar-refractivity contribution in [3.05, 3.63) is 87.1 Å². The molecule has 0 spiro atoms. The molecule has 0 saturated carbocycles. The first-order valence-electron chi connectivity index (χ1n) is 8.59. The van der Waals surface area contributed by atoms with Crippen LogP contribution in [0.5, 0.6) is 0 Å². The number of esters is 1. The molecule has 0 saturated heterocycles. The Morgan fingerprint density at radius 2 is 1.82 bits per heavy atom. The number of carbonyl (C=O) groups is 2. The van der Waals surface area contributed by atoms with Gasteiger partial charge in [0.2, 0.25) is 0 Å². The summed E-state index contributed by atoms with van der Waals surface area (Å²) < 4.78 is 5.43. The van der Waals surface area contributed by atoms with E-state index in [0.29, 0.717) is 5.70 Å². The van der Waals surface area contributed by atoms with Crippen LogP contribution in [0.1, 0.15) is 24.1 Å². The van der Waals surface area contributed by atoms with Crippen molar-refractivity contribution in [2.75, 3.05) is 7.05 Å². The molecule has 8 nitrogen and oxygen atoms in total. The molecule has 2 aromatic carbocycles. The lowest BCUT2D eigenvalue weighted by Gasteiger charge is -2.33. The maximum absolute atomic E-state index is 12.9. The lowest BCUT2D eigenvalue weighted by molar-refractivity contribution is -0.385. The summed E-state index contributed by atoms with van der Waals surface area (Å²) in [5.41, 5.74) is 1.39. The van der Waals surface area contributed by atoms with E-state index in [2.05, 4.69) is 5.32 Å². The van der Waals surface area contributed by atoms with Crippen molar-refractivity contribution in [3.8, 4) is 0 Å². The number of para-hydroxylation sites is 1. The van der Waals surface area contributed by atoms with Crippen LogP contribution in [-0.2, 0) is 16.1 Å².